The smallest absolute Gasteiger partial charge is 0.267 e. The molecule has 3 aromatic rings. The number of sulfone groups is 1. The van der Waals surface area contributed by atoms with E-state index < -0.39 is 15.9 Å². The van der Waals surface area contributed by atoms with E-state index in [1.54, 1.807) is 38.1 Å². The number of nitrogens with zero attached hydrogens (tertiary/aromatic N) is 2. The molecule has 0 aliphatic heterocycles. The van der Waals surface area contributed by atoms with Crippen molar-refractivity contribution in [1.29, 1.82) is 0 Å². The molecule has 2 aromatic carbocycles. The molecule has 0 spiro atoms. The maximum atomic E-state index is 13.7. The second-order valence-corrected chi connectivity index (χ2v) is 7.94. The molecule has 1 aromatic heterocycles. The number of benzene rings is 2. The minimum Gasteiger partial charge on any atom is -0.481 e. The normalized spacial score (nSPS) is 12.8. The summed E-state index contributed by atoms with van der Waals surface area (Å²) in [6.45, 7) is 3.39. The highest BCUT2D eigenvalue weighted by atomic mass is 32.2. The largest absolute Gasteiger partial charge is 0.481 e. The van der Waals surface area contributed by atoms with Crippen LogP contribution in [0.4, 0.5) is 4.39 Å². The lowest BCUT2D eigenvalue weighted by Gasteiger charge is -2.10. The van der Waals surface area contributed by atoms with E-state index in [1.807, 2.05) is 0 Å². The third-order valence-electron chi connectivity index (χ3n) is 3.78. The summed E-state index contributed by atoms with van der Waals surface area (Å²) in [5, 5.41) is 3.85. The molecule has 8 heteroatoms. The zero-order valence-corrected chi connectivity index (χ0v) is 15.2. The van der Waals surface area contributed by atoms with Crippen molar-refractivity contribution in [1.82, 2.24) is 10.1 Å². The summed E-state index contributed by atoms with van der Waals surface area (Å²) in [6.07, 6.45) is 0.579. The molecular formula is C18H17FN2O4S. The fraction of sp³-hybridized carbons (Fsp3) is 0.222. The summed E-state index contributed by atoms with van der Waals surface area (Å²) in [7, 11) is -3.26. The topological polar surface area (TPSA) is 82.3 Å². The third-order valence-corrected chi connectivity index (χ3v) is 4.91. The second-order valence-electron chi connectivity index (χ2n) is 5.92. The Kier molecular flexibility index (Phi) is 4.78. The number of halogens is 1. The van der Waals surface area contributed by atoms with E-state index in [0.717, 1.165) is 6.26 Å². The van der Waals surface area contributed by atoms with Crippen LogP contribution in [0.3, 0.4) is 0 Å². The number of hydrogen-bond donors (Lipinski definition) is 0. The fourth-order valence-electron chi connectivity index (χ4n) is 2.27. The first-order chi connectivity index (χ1) is 12.2. The summed E-state index contributed by atoms with van der Waals surface area (Å²) in [4.78, 5) is 4.45. The molecule has 0 aliphatic rings. The maximum absolute atomic E-state index is 13.7. The Bertz CT molecular complexity index is 1030. The van der Waals surface area contributed by atoms with Gasteiger partial charge in [0.2, 0.25) is 5.82 Å². The van der Waals surface area contributed by atoms with E-state index in [0.29, 0.717) is 16.9 Å². The molecule has 1 heterocycles. The average Bonchev–Trinajstić information content (AvgIpc) is 3.07. The number of hydrogen-bond acceptors (Lipinski definition) is 6. The van der Waals surface area contributed by atoms with E-state index in [2.05, 4.69) is 10.1 Å². The van der Waals surface area contributed by atoms with Crippen molar-refractivity contribution in [2.45, 2.75) is 24.8 Å². The summed E-state index contributed by atoms with van der Waals surface area (Å²) in [6, 6.07) is 10.7. The predicted molar refractivity (Wildman–Crippen MR) is 93.0 cm³/mol. The minimum atomic E-state index is -3.26. The van der Waals surface area contributed by atoms with Crippen molar-refractivity contribution >= 4 is 9.84 Å². The summed E-state index contributed by atoms with van der Waals surface area (Å²) in [5.74, 6) is 0.616. The number of aromatic nitrogens is 2. The van der Waals surface area contributed by atoms with Crippen LogP contribution in [0.2, 0.25) is 0 Å². The summed E-state index contributed by atoms with van der Waals surface area (Å²) in [5.41, 5.74) is 1.04. The molecule has 0 radical (unpaired) electrons. The van der Waals surface area contributed by atoms with Gasteiger partial charge in [0.25, 0.3) is 5.89 Å². The van der Waals surface area contributed by atoms with Crippen molar-refractivity contribution in [3.8, 4) is 17.1 Å². The number of aryl methyl sites for hydroxylation is 1. The zero-order chi connectivity index (χ0) is 18.9. The summed E-state index contributed by atoms with van der Waals surface area (Å²) >= 11 is 0. The van der Waals surface area contributed by atoms with Gasteiger partial charge in [0, 0.05) is 11.8 Å². The van der Waals surface area contributed by atoms with Gasteiger partial charge in [0.15, 0.2) is 15.9 Å². The van der Waals surface area contributed by atoms with Gasteiger partial charge in [-0.2, -0.15) is 4.98 Å². The summed E-state index contributed by atoms with van der Waals surface area (Å²) < 4.78 is 47.5. The first-order valence-electron chi connectivity index (χ1n) is 7.81. The van der Waals surface area contributed by atoms with Gasteiger partial charge in [-0.05, 0) is 49.7 Å². The third kappa shape index (κ3) is 3.91. The van der Waals surface area contributed by atoms with Gasteiger partial charge in [-0.25, -0.2) is 12.8 Å². The molecule has 136 valence electrons. The van der Waals surface area contributed by atoms with Gasteiger partial charge in [0.05, 0.1) is 4.90 Å². The van der Waals surface area contributed by atoms with Crippen LogP contribution in [0.5, 0.6) is 5.75 Å². The Hall–Kier alpha value is -2.74. The lowest BCUT2D eigenvalue weighted by Crippen LogP contribution is -2.04. The zero-order valence-electron chi connectivity index (χ0n) is 14.4. The molecule has 1 unspecified atom stereocenters. The van der Waals surface area contributed by atoms with Crippen LogP contribution in [0.1, 0.15) is 24.5 Å². The van der Waals surface area contributed by atoms with E-state index in [4.69, 9.17) is 9.26 Å². The van der Waals surface area contributed by atoms with Gasteiger partial charge in [-0.15, -0.1) is 0 Å². The van der Waals surface area contributed by atoms with Crippen molar-refractivity contribution in [2.75, 3.05) is 6.26 Å². The van der Waals surface area contributed by atoms with Gasteiger partial charge < -0.3 is 9.26 Å². The molecular weight excluding hydrogens is 359 g/mol. The average molecular weight is 376 g/mol. The maximum Gasteiger partial charge on any atom is 0.267 e. The molecule has 0 bridgehead atoms. The quantitative estimate of drug-likeness (QED) is 0.675. The van der Waals surface area contributed by atoms with Gasteiger partial charge in [0.1, 0.15) is 11.6 Å². The first kappa shape index (κ1) is 18.1. The molecule has 0 fully saturated rings. The minimum absolute atomic E-state index is 0.207. The van der Waals surface area contributed by atoms with E-state index in [-0.39, 0.29) is 22.4 Å². The lowest BCUT2D eigenvalue weighted by atomic mass is 10.1. The molecule has 3 rings (SSSR count). The van der Waals surface area contributed by atoms with Crippen LogP contribution in [-0.4, -0.2) is 24.8 Å². The highest BCUT2D eigenvalue weighted by Crippen LogP contribution is 2.25. The second kappa shape index (κ2) is 6.87. The van der Waals surface area contributed by atoms with Gasteiger partial charge in [-0.1, -0.05) is 17.3 Å². The molecule has 0 amide bonds. The predicted octanol–water partition coefficient (Wildman–Crippen LogP) is 3.73. The Labute approximate surface area is 150 Å². The van der Waals surface area contributed by atoms with Crippen molar-refractivity contribution in [3.63, 3.8) is 0 Å². The van der Waals surface area contributed by atoms with Crippen LogP contribution >= 0.6 is 0 Å². The Morgan fingerprint density at radius 3 is 2.46 bits per heavy atom. The molecule has 6 nitrogen and oxygen atoms in total. The van der Waals surface area contributed by atoms with Gasteiger partial charge in [-0.3, -0.25) is 0 Å². The van der Waals surface area contributed by atoms with Crippen LogP contribution in [0.15, 0.2) is 51.9 Å². The number of rotatable bonds is 5. The molecule has 0 aliphatic carbocycles. The van der Waals surface area contributed by atoms with E-state index in [9.17, 15) is 12.8 Å². The highest BCUT2D eigenvalue weighted by Gasteiger charge is 2.18. The van der Waals surface area contributed by atoms with E-state index >= 15 is 0 Å². The Balaban J connectivity index is 1.75. The molecule has 26 heavy (non-hydrogen) atoms. The molecule has 0 saturated heterocycles. The Morgan fingerprint density at radius 2 is 1.85 bits per heavy atom. The van der Waals surface area contributed by atoms with Crippen molar-refractivity contribution < 1.29 is 22.1 Å². The van der Waals surface area contributed by atoms with E-state index in [1.165, 1.54) is 18.2 Å². The number of ether oxygens (including phenoxy) is 1. The van der Waals surface area contributed by atoms with Crippen LogP contribution in [0, 0.1) is 12.7 Å². The molecule has 1 atom stereocenters. The highest BCUT2D eigenvalue weighted by molar-refractivity contribution is 7.90. The van der Waals surface area contributed by atoms with Crippen LogP contribution in [0.25, 0.3) is 11.4 Å². The SMILES string of the molecule is Cc1ccc(-c2noc(C(C)Oc3ccc(S(C)(=O)=O)cc3)n2)cc1F. The monoisotopic (exact) mass is 376 g/mol. The molecule has 0 saturated carbocycles. The fourth-order valence-corrected chi connectivity index (χ4v) is 2.90. The van der Waals surface area contributed by atoms with Crippen LogP contribution < -0.4 is 4.74 Å². The van der Waals surface area contributed by atoms with Crippen LogP contribution in [-0.2, 0) is 9.84 Å². The van der Waals surface area contributed by atoms with Crippen molar-refractivity contribution in [2.24, 2.45) is 0 Å². The Morgan fingerprint density at radius 1 is 1.15 bits per heavy atom. The van der Waals surface area contributed by atoms with Crippen molar-refractivity contribution in [3.05, 3.63) is 59.7 Å². The lowest BCUT2D eigenvalue weighted by molar-refractivity contribution is 0.175. The van der Waals surface area contributed by atoms with Gasteiger partial charge >= 0.3 is 0 Å². The first-order valence-corrected chi connectivity index (χ1v) is 9.70. The standard InChI is InChI=1S/C18H17FN2O4S/c1-11-4-5-13(10-16(11)19)17-20-18(25-21-17)12(2)24-14-6-8-15(9-7-14)26(3,22)23/h4-10,12H,1-3H3. The molecule has 0 N–H and O–H groups in total.